The third-order valence-electron chi connectivity index (χ3n) is 1.77. The third-order valence-corrected chi connectivity index (χ3v) is 4.51. The van der Waals surface area contributed by atoms with Crippen LogP contribution in [0.15, 0.2) is 24.3 Å². The number of nitrogens with one attached hydrogen (secondary N) is 1. The predicted molar refractivity (Wildman–Crippen MR) is 60.8 cm³/mol. The van der Waals surface area contributed by atoms with E-state index >= 15 is 0 Å². The first-order valence-electron chi connectivity index (χ1n) is 4.31. The van der Waals surface area contributed by atoms with E-state index in [1.54, 1.807) is 12.1 Å². The summed E-state index contributed by atoms with van der Waals surface area (Å²) < 4.78 is 37.1. The van der Waals surface area contributed by atoms with Gasteiger partial charge in [-0.2, -0.15) is 0 Å². The van der Waals surface area contributed by atoms with Crippen LogP contribution in [0.1, 0.15) is 5.56 Å². The summed E-state index contributed by atoms with van der Waals surface area (Å²) in [6.07, 6.45) is 0.476. The van der Waals surface area contributed by atoms with Gasteiger partial charge in [-0.15, -0.1) is 0 Å². The zero-order valence-electron chi connectivity index (χ0n) is 7.91. The van der Waals surface area contributed by atoms with Gasteiger partial charge in [0.1, 0.15) is 10.5 Å². The zero-order valence-corrected chi connectivity index (χ0v) is 10.3. The molecule has 1 aromatic carbocycles. The van der Waals surface area contributed by atoms with Crippen LogP contribution in [0, 0.1) is 5.82 Å². The molecule has 0 aliphatic rings. The van der Waals surface area contributed by atoms with Crippen LogP contribution in [0.5, 0.6) is 0 Å². The van der Waals surface area contributed by atoms with Gasteiger partial charge in [-0.3, -0.25) is 0 Å². The molecule has 1 N–H and O–H groups in total. The monoisotopic (exact) mass is 295 g/mol. The third kappa shape index (κ3) is 4.72. The largest absolute Gasteiger partial charge is 0.221 e. The molecule has 0 amide bonds. The molecule has 0 aliphatic heterocycles. The first-order valence-corrected chi connectivity index (χ1v) is 7.08. The van der Waals surface area contributed by atoms with Crippen LogP contribution in [0.2, 0.25) is 0 Å². The van der Waals surface area contributed by atoms with Crippen LogP contribution in [0.3, 0.4) is 0 Å². The molecule has 0 unspecified atom stereocenters. The van der Waals surface area contributed by atoms with E-state index in [4.69, 9.17) is 0 Å². The van der Waals surface area contributed by atoms with Crippen LogP contribution in [0.4, 0.5) is 4.39 Å². The van der Waals surface area contributed by atoms with Crippen molar-refractivity contribution in [1.29, 1.82) is 0 Å². The fourth-order valence-electron chi connectivity index (χ4n) is 1.08. The number of alkyl halides is 1. The van der Waals surface area contributed by atoms with E-state index < -0.39 is 10.0 Å². The maximum absolute atomic E-state index is 12.7. The van der Waals surface area contributed by atoms with Crippen molar-refractivity contribution in [3.05, 3.63) is 35.6 Å². The molecule has 0 radical (unpaired) electrons. The molecular weight excluding hydrogens is 285 g/mol. The second-order valence-electron chi connectivity index (χ2n) is 3.00. The summed E-state index contributed by atoms with van der Waals surface area (Å²) in [4.78, 5) is 0. The molecule has 6 heteroatoms. The number of hydrogen-bond acceptors (Lipinski definition) is 2. The molecule has 15 heavy (non-hydrogen) atoms. The molecule has 0 saturated heterocycles. The van der Waals surface area contributed by atoms with Crippen molar-refractivity contribution in [2.24, 2.45) is 0 Å². The number of benzene rings is 1. The predicted octanol–water partition coefficient (Wildman–Crippen LogP) is 1.64. The smallest absolute Gasteiger partial charge is 0.214 e. The Balaban J connectivity index is 2.45. The number of rotatable bonds is 5. The first kappa shape index (κ1) is 12.6. The minimum Gasteiger partial charge on any atom is -0.214 e. The zero-order chi connectivity index (χ0) is 11.3. The van der Waals surface area contributed by atoms with Crippen LogP contribution >= 0.6 is 15.9 Å². The summed E-state index contributed by atoms with van der Waals surface area (Å²) in [5.41, 5.74) is 0.771. The van der Waals surface area contributed by atoms with Gasteiger partial charge in [-0.1, -0.05) is 28.1 Å². The fraction of sp³-hybridized carbons (Fsp3) is 0.333. The standard InChI is InChI=1S/C9H11BrFNO2S/c10-7-15(13,14)12-5-4-8-2-1-3-9(11)6-8/h1-3,6,12H,4-5,7H2. The summed E-state index contributed by atoms with van der Waals surface area (Å²) in [5.74, 6) is -0.309. The average Bonchev–Trinajstić information content (AvgIpc) is 2.18. The van der Waals surface area contributed by atoms with E-state index in [1.165, 1.54) is 12.1 Å². The highest BCUT2D eigenvalue weighted by Gasteiger charge is 2.05. The van der Waals surface area contributed by atoms with Crippen LogP contribution in [-0.2, 0) is 16.4 Å². The lowest BCUT2D eigenvalue weighted by atomic mass is 10.1. The van der Waals surface area contributed by atoms with Crippen LogP contribution in [-0.4, -0.2) is 19.6 Å². The summed E-state index contributed by atoms with van der Waals surface area (Å²) in [6, 6.07) is 6.10. The van der Waals surface area contributed by atoms with Gasteiger partial charge in [-0.25, -0.2) is 17.5 Å². The van der Waals surface area contributed by atoms with E-state index in [2.05, 4.69) is 20.7 Å². The van der Waals surface area contributed by atoms with Gasteiger partial charge in [0.2, 0.25) is 10.0 Å². The van der Waals surface area contributed by atoms with Crippen molar-refractivity contribution in [2.45, 2.75) is 6.42 Å². The SMILES string of the molecule is O=S(=O)(CBr)NCCc1cccc(F)c1. The van der Waals surface area contributed by atoms with Crippen molar-refractivity contribution < 1.29 is 12.8 Å². The Labute approximate surface area is 96.9 Å². The molecule has 1 aromatic rings. The van der Waals surface area contributed by atoms with Gasteiger partial charge >= 0.3 is 0 Å². The molecule has 0 saturated carbocycles. The number of hydrogen-bond donors (Lipinski definition) is 1. The van der Waals surface area contributed by atoms with Crippen molar-refractivity contribution in [1.82, 2.24) is 4.72 Å². The average molecular weight is 296 g/mol. The van der Waals surface area contributed by atoms with E-state index in [1.807, 2.05) is 0 Å². The molecule has 0 bridgehead atoms. The Kier molecular flexibility index (Phi) is 4.69. The van der Waals surface area contributed by atoms with E-state index in [-0.39, 0.29) is 17.0 Å². The van der Waals surface area contributed by atoms with E-state index in [0.29, 0.717) is 6.42 Å². The van der Waals surface area contributed by atoms with Gasteiger partial charge in [0.15, 0.2) is 0 Å². The fourth-order valence-corrected chi connectivity index (χ4v) is 2.06. The summed E-state index contributed by atoms with van der Waals surface area (Å²) >= 11 is 2.86. The molecule has 84 valence electrons. The topological polar surface area (TPSA) is 46.2 Å². The van der Waals surface area contributed by atoms with E-state index in [0.717, 1.165) is 5.56 Å². The van der Waals surface area contributed by atoms with Gasteiger partial charge in [-0.05, 0) is 24.1 Å². The minimum absolute atomic E-state index is 0.122. The van der Waals surface area contributed by atoms with Crippen molar-refractivity contribution in [3.63, 3.8) is 0 Å². The van der Waals surface area contributed by atoms with Crippen LogP contribution < -0.4 is 4.72 Å². The second-order valence-corrected chi connectivity index (χ2v) is 6.11. The molecule has 0 spiro atoms. The van der Waals surface area contributed by atoms with Gasteiger partial charge < -0.3 is 0 Å². The lowest BCUT2D eigenvalue weighted by molar-refractivity contribution is 0.586. The lowest BCUT2D eigenvalue weighted by Gasteiger charge is -2.03. The molecule has 0 heterocycles. The Bertz CT molecular complexity index is 422. The quantitative estimate of drug-likeness (QED) is 0.840. The van der Waals surface area contributed by atoms with E-state index in [9.17, 15) is 12.8 Å². The van der Waals surface area contributed by atoms with Crippen molar-refractivity contribution >= 4 is 26.0 Å². The van der Waals surface area contributed by atoms with Crippen molar-refractivity contribution in [2.75, 3.05) is 11.2 Å². The minimum atomic E-state index is -3.23. The molecule has 0 atom stereocenters. The normalized spacial score (nSPS) is 11.6. The summed E-state index contributed by atoms with van der Waals surface area (Å²) in [5, 5.41) is 0. The molecule has 0 fully saturated rings. The van der Waals surface area contributed by atoms with Crippen LogP contribution in [0.25, 0.3) is 0 Å². The highest BCUT2D eigenvalue weighted by Crippen LogP contribution is 2.03. The molecule has 1 rings (SSSR count). The van der Waals surface area contributed by atoms with Gasteiger partial charge in [0.25, 0.3) is 0 Å². The Morgan fingerprint density at radius 2 is 2.13 bits per heavy atom. The Hall–Kier alpha value is -0.460. The Morgan fingerprint density at radius 3 is 2.73 bits per heavy atom. The maximum Gasteiger partial charge on any atom is 0.221 e. The van der Waals surface area contributed by atoms with Gasteiger partial charge in [0.05, 0.1) is 0 Å². The van der Waals surface area contributed by atoms with Crippen molar-refractivity contribution in [3.8, 4) is 0 Å². The highest BCUT2D eigenvalue weighted by molar-refractivity contribution is 9.10. The second kappa shape index (κ2) is 5.58. The molecular formula is C9H11BrFNO2S. The summed E-state index contributed by atoms with van der Waals surface area (Å²) in [6.45, 7) is 0.275. The number of sulfonamides is 1. The Morgan fingerprint density at radius 1 is 1.40 bits per heavy atom. The maximum atomic E-state index is 12.7. The molecule has 3 nitrogen and oxygen atoms in total. The molecule has 0 aromatic heterocycles. The first-order chi connectivity index (χ1) is 7.03. The number of halogens is 2. The van der Waals surface area contributed by atoms with Gasteiger partial charge in [0, 0.05) is 6.54 Å². The summed E-state index contributed by atoms with van der Waals surface area (Å²) in [7, 11) is -3.23. The highest BCUT2D eigenvalue weighted by atomic mass is 79.9. The molecule has 0 aliphatic carbocycles. The lowest BCUT2D eigenvalue weighted by Crippen LogP contribution is -2.26.